The molecule has 0 bridgehead atoms. The zero-order chi connectivity index (χ0) is 15.6. The van der Waals surface area contributed by atoms with Crippen molar-refractivity contribution in [3.05, 3.63) is 0 Å². The van der Waals surface area contributed by atoms with Crippen molar-refractivity contribution in [2.45, 2.75) is 71.9 Å². The van der Waals surface area contributed by atoms with E-state index in [1.165, 1.54) is 0 Å². The molecule has 20 heavy (non-hydrogen) atoms. The number of carboxylic acids is 1. The van der Waals surface area contributed by atoms with Crippen LogP contribution in [0.2, 0.25) is 0 Å². The SMILES string of the molecule is CCCCN(C(=O)NC(C)(C)C(C)(C)C(=O)O)C1CC1. The van der Waals surface area contributed by atoms with Gasteiger partial charge in [-0.3, -0.25) is 4.79 Å². The Morgan fingerprint density at radius 2 is 1.80 bits per heavy atom. The Morgan fingerprint density at radius 3 is 2.20 bits per heavy atom. The van der Waals surface area contributed by atoms with Gasteiger partial charge in [-0.05, 0) is 47.0 Å². The maximum absolute atomic E-state index is 12.4. The highest BCUT2D eigenvalue weighted by Crippen LogP contribution is 2.32. The van der Waals surface area contributed by atoms with Crippen molar-refractivity contribution < 1.29 is 14.7 Å². The molecule has 1 aliphatic rings. The number of rotatable bonds is 7. The summed E-state index contributed by atoms with van der Waals surface area (Å²) in [4.78, 5) is 25.7. The van der Waals surface area contributed by atoms with Gasteiger partial charge in [0, 0.05) is 12.6 Å². The number of aliphatic carboxylic acids is 1. The second-order valence-electron chi connectivity index (χ2n) is 6.76. The largest absolute Gasteiger partial charge is 0.481 e. The van der Waals surface area contributed by atoms with Gasteiger partial charge in [-0.2, -0.15) is 0 Å². The number of nitrogens with zero attached hydrogens (tertiary/aromatic N) is 1. The minimum absolute atomic E-state index is 0.139. The number of amides is 2. The average molecular weight is 284 g/mol. The van der Waals surface area contributed by atoms with E-state index in [1.54, 1.807) is 27.7 Å². The topological polar surface area (TPSA) is 69.6 Å². The Bertz CT molecular complexity index is 373. The molecule has 5 heteroatoms. The molecule has 2 amide bonds. The first kappa shape index (κ1) is 16.8. The number of hydrogen-bond acceptors (Lipinski definition) is 2. The molecule has 0 spiro atoms. The number of nitrogens with one attached hydrogen (secondary N) is 1. The zero-order valence-corrected chi connectivity index (χ0v) is 13.3. The summed E-state index contributed by atoms with van der Waals surface area (Å²) in [6.45, 7) is 9.66. The quantitative estimate of drug-likeness (QED) is 0.755. The molecule has 0 heterocycles. The summed E-state index contributed by atoms with van der Waals surface area (Å²) in [7, 11) is 0. The number of carboxylic acid groups (broad SMARTS) is 1. The minimum Gasteiger partial charge on any atom is -0.481 e. The molecule has 116 valence electrons. The minimum atomic E-state index is -1.03. The highest BCUT2D eigenvalue weighted by atomic mass is 16.4. The second-order valence-corrected chi connectivity index (χ2v) is 6.76. The van der Waals surface area contributed by atoms with E-state index in [0.29, 0.717) is 6.04 Å². The van der Waals surface area contributed by atoms with Gasteiger partial charge in [0.1, 0.15) is 0 Å². The third-order valence-electron chi connectivity index (χ3n) is 4.52. The molecule has 0 aromatic rings. The van der Waals surface area contributed by atoms with Crippen LogP contribution in [0.4, 0.5) is 4.79 Å². The monoisotopic (exact) mass is 284 g/mol. The molecule has 1 aliphatic carbocycles. The molecule has 0 radical (unpaired) electrons. The van der Waals surface area contributed by atoms with E-state index in [9.17, 15) is 14.7 Å². The van der Waals surface area contributed by atoms with Crippen molar-refractivity contribution in [1.82, 2.24) is 10.2 Å². The Kier molecular flexibility index (Phi) is 5.05. The van der Waals surface area contributed by atoms with Crippen molar-refractivity contribution in [3.8, 4) is 0 Å². The summed E-state index contributed by atoms with van der Waals surface area (Å²) < 4.78 is 0. The van der Waals surface area contributed by atoms with Gasteiger partial charge in [-0.1, -0.05) is 13.3 Å². The van der Waals surface area contributed by atoms with Gasteiger partial charge in [-0.15, -0.1) is 0 Å². The maximum atomic E-state index is 12.4. The molecule has 1 fully saturated rings. The number of carbonyl (C=O) groups is 2. The lowest BCUT2D eigenvalue weighted by atomic mass is 9.74. The summed E-state index contributed by atoms with van der Waals surface area (Å²) in [6, 6.07) is 0.200. The van der Waals surface area contributed by atoms with E-state index in [4.69, 9.17) is 0 Å². The lowest BCUT2D eigenvalue weighted by Gasteiger charge is -2.40. The van der Waals surface area contributed by atoms with Crippen LogP contribution in [0.1, 0.15) is 60.3 Å². The van der Waals surface area contributed by atoms with Crippen LogP contribution in [0.3, 0.4) is 0 Å². The first-order valence-electron chi connectivity index (χ1n) is 7.45. The van der Waals surface area contributed by atoms with Crippen molar-refractivity contribution in [2.75, 3.05) is 6.54 Å². The van der Waals surface area contributed by atoms with Crippen molar-refractivity contribution in [3.63, 3.8) is 0 Å². The molecular formula is C15H28N2O3. The van der Waals surface area contributed by atoms with Gasteiger partial charge < -0.3 is 15.3 Å². The first-order valence-corrected chi connectivity index (χ1v) is 7.45. The highest BCUT2D eigenvalue weighted by Gasteiger charge is 2.45. The van der Waals surface area contributed by atoms with Gasteiger partial charge in [0.15, 0.2) is 0 Å². The molecule has 1 rings (SSSR count). The molecule has 0 aliphatic heterocycles. The van der Waals surface area contributed by atoms with Gasteiger partial charge in [0.05, 0.1) is 11.0 Å². The fraction of sp³-hybridized carbons (Fsp3) is 0.867. The van der Waals surface area contributed by atoms with Crippen LogP contribution >= 0.6 is 0 Å². The fourth-order valence-electron chi connectivity index (χ4n) is 1.93. The van der Waals surface area contributed by atoms with Crippen molar-refractivity contribution >= 4 is 12.0 Å². The lowest BCUT2D eigenvalue weighted by molar-refractivity contribution is -0.150. The summed E-state index contributed by atoms with van der Waals surface area (Å²) in [5.41, 5.74) is -1.84. The predicted molar refractivity (Wildman–Crippen MR) is 78.7 cm³/mol. The Hall–Kier alpha value is -1.26. The van der Waals surface area contributed by atoms with E-state index in [1.807, 2.05) is 4.90 Å². The third kappa shape index (κ3) is 3.64. The third-order valence-corrected chi connectivity index (χ3v) is 4.52. The molecule has 0 unspecified atom stereocenters. The van der Waals surface area contributed by atoms with E-state index in [2.05, 4.69) is 12.2 Å². The van der Waals surface area contributed by atoms with Gasteiger partial charge >= 0.3 is 12.0 Å². The smallest absolute Gasteiger partial charge is 0.318 e. The molecule has 1 saturated carbocycles. The van der Waals surface area contributed by atoms with Crippen molar-refractivity contribution in [1.29, 1.82) is 0 Å². The molecule has 5 nitrogen and oxygen atoms in total. The van der Waals surface area contributed by atoms with E-state index >= 15 is 0 Å². The van der Waals surface area contributed by atoms with Crippen LogP contribution < -0.4 is 5.32 Å². The Labute approximate surface area is 121 Å². The molecule has 2 N–H and O–H groups in total. The van der Waals surface area contributed by atoms with E-state index < -0.39 is 16.9 Å². The van der Waals surface area contributed by atoms with Gasteiger partial charge in [0.25, 0.3) is 0 Å². The van der Waals surface area contributed by atoms with Crippen LogP contribution in [0.5, 0.6) is 0 Å². The molecule has 0 saturated heterocycles. The first-order chi connectivity index (χ1) is 9.13. The second kappa shape index (κ2) is 6.02. The maximum Gasteiger partial charge on any atom is 0.318 e. The molecule has 0 aromatic carbocycles. The van der Waals surface area contributed by atoms with Crippen LogP contribution in [-0.2, 0) is 4.79 Å². The van der Waals surface area contributed by atoms with Gasteiger partial charge in [0.2, 0.25) is 0 Å². The number of hydrogen-bond donors (Lipinski definition) is 2. The molecular weight excluding hydrogens is 256 g/mol. The lowest BCUT2D eigenvalue weighted by Crippen LogP contribution is -2.60. The number of unbranched alkanes of at least 4 members (excludes halogenated alkanes) is 1. The summed E-state index contributed by atoms with van der Waals surface area (Å²) in [6.07, 6.45) is 4.13. The number of carbonyl (C=O) groups excluding carboxylic acids is 1. The highest BCUT2D eigenvalue weighted by molar-refractivity contribution is 5.80. The van der Waals surface area contributed by atoms with Crippen LogP contribution in [0, 0.1) is 5.41 Å². The summed E-state index contributed by atoms with van der Waals surface area (Å²) in [5.74, 6) is -0.908. The fourth-order valence-corrected chi connectivity index (χ4v) is 1.93. The van der Waals surface area contributed by atoms with Crippen LogP contribution in [0.25, 0.3) is 0 Å². The predicted octanol–water partition coefficient (Wildman–Crippen LogP) is 2.85. The Balaban J connectivity index is 2.73. The molecule has 0 atom stereocenters. The molecule has 0 aromatic heterocycles. The van der Waals surface area contributed by atoms with E-state index in [0.717, 1.165) is 32.2 Å². The van der Waals surface area contributed by atoms with Crippen LogP contribution in [-0.4, -0.2) is 40.1 Å². The number of urea groups is 1. The average Bonchev–Trinajstić information content (AvgIpc) is 3.12. The summed E-state index contributed by atoms with van der Waals surface area (Å²) in [5, 5.41) is 12.2. The standard InChI is InChI=1S/C15H28N2O3/c1-6-7-10-17(11-8-9-11)13(20)16-15(4,5)14(2,3)12(18)19/h11H,6-10H2,1-5H3,(H,16,20)(H,18,19). The summed E-state index contributed by atoms with van der Waals surface area (Å²) >= 11 is 0. The van der Waals surface area contributed by atoms with Crippen LogP contribution in [0.15, 0.2) is 0 Å². The van der Waals surface area contributed by atoms with Gasteiger partial charge in [-0.25, -0.2) is 4.79 Å². The Morgan fingerprint density at radius 1 is 1.25 bits per heavy atom. The zero-order valence-electron chi connectivity index (χ0n) is 13.3. The van der Waals surface area contributed by atoms with Crippen molar-refractivity contribution in [2.24, 2.45) is 5.41 Å². The normalized spacial score (nSPS) is 15.8. The van der Waals surface area contributed by atoms with E-state index in [-0.39, 0.29) is 6.03 Å².